The van der Waals surface area contributed by atoms with Gasteiger partial charge in [-0.05, 0) is 17.7 Å². The molecule has 1 heterocycles. The average molecular weight is 284 g/mol. The van der Waals surface area contributed by atoms with Gasteiger partial charge in [0.1, 0.15) is 5.88 Å². The van der Waals surface area contributed by atoms with Crippen LogP contribution in [-0.2, 0) is 11.3 Å². The first-order valence-corrected chi connectivity index (χ1v) is 6.21. The highest BCUT2D eigenvalue weighted by molar-refractivity contribution is 6.30. The van der Waals surface area contributed by atoms with Gasteiger partial charge in [0.05, 0.1) is 18.4 Å². The zero-order valence-corrected chi connectivity index (χ0v) is 10.9. The summed E-state index contributed by atoms with van der Waals surface area (Å²) in [6.07, 6.45) is 3.32. The Bertz CT molecular complexity index is 554. The van der Waals surface area contributed by atoms with Crippen LogP contribution >= 0.6 is 23.2 Å². The number of amides is 1. The maximum atomic E-state index is 11.1. The smallest absolute Gasteiger partial charge is 0.239 e. The molecule has 0 bridgehead atoms. The molecule has 1 amide bonds. The van der Waals surface area contributed by atoms with Crippen molar-refractivity contribution >= 4 is 34.8 Å². The second-order valence-electron chi connectivity index (χ2n) is 3.74. The number of alkyl halides is 1. The number of carbonyl (C=O) groups excluding carboxylic acids is 1. The molecule has 0 aliphatic rings. The number of rotatable bonds is 4. The molecule has 1 aromatic carbocycles. The lowest BCUT2D eigenvalue weighted by molar-refractivity contribution is -0.113. The maximum Gasteiger partial charge on any atom is 0.239 e. The van der Waals surface area contributed by atoms with Gasteiger partial charge in [-0.1, -0.05) is 23.7 Å². The molecule has 1 aromatic heterocycles. The summed E-state index contributed by atoms with van der Waals surface area (Å²) in [5, 5.41) is 7.46. The first-order chi connectivity index (χ1) is 8.67. The molecule has 0 aliphatic heterocycles. The van der Waals surface area contributed by atoms with Gasteiger partial charge < -0.3 is 5.32 Å². The standard InChI is InChI=1S/C12H11Cl2N3O/c13-5-12(18)16-11-6-15-17(8-11)7-9-2-1-3-10(14)4-9/h1-4,6,8H,5,7H2,(H,16,18). The Morgan fingerprint density at radius 2 is 2.28 bits per heavy atom. The summed E-state index contributed by atoms with van der Waals surface area (Å²) in [6.45, 7) is 0.595. The van der Waals surface area contributed by atoms with Crippen molar-refractivity contribution in [1.29, 1.82) is 0 Å². The molecular weight excluding hydrogens is 273 g/mol. The number of nitrogens with zero attached hydrogens (tertiary/aromatic N) is 2. The molecule has 0 fully saturated rings. The minimum absolute atomic E-state index is 0.0700. The van der Waals surface area contributed by atoms with Crippen LogP contribution in [0.3, 0.4) is 0 Å². The van der Waals surface area contributed by atoms with Gasteiger partial charge in [0.2, 0.25) is 5.91 Å². The largest absolute Gasteiger partial charge is 0.322 e. The lowest BCUT2D eigenvalue weighted by Crippen LogP contribution is -2.11. The maximum absolute atomic E-state index is 11.1. The van der Waals surface area contributed by atoms with Crippen LogP contribution in [0.2, 0.25) is 5.02 Å². The molecule has 1 N–H and O–H groups in total. The third kappa shape index (κ3) is 3.48. The van der Waals surface area contributed by atoms with Crippen molar-refractivity contribution in [2.24, 2.45) is 0 Å². The van der Waals surface area contributed by atoms with Crippen molar-refractivity contribution in [1.82, 2.24) is 9.78 Å². The predicted octanol–water partition coefficient (Wildman–Crippen LogP) is 2.76. The fourth-order valence-electron chi connectivity index (χ4n) is 1.53. The van der Waals surface area contributed by atoms with E-state index in [0.29, 0.717) is 17.3 Å². The van der Waals surface area contributed by atoms with Crippen molar-refractivity contribution in [3.05, 3.63) is 47.2 Å². The first-order valence-electron chi connectivity index (χ1n) is 5.30. The fraction of sp³-hybridized carbons (Fsp3) is 0.167. The minimum Gasteiger partial charge on any atom is -0.322 e. The van der Waals surface area contributed by atoms with Gasteiger partial charge in [0.15, 0.2) is 0 Å². The summed E-state index contributed by atoms with van der Waals surface area (Å²) in [4.78, 5) is 11.1. The third-order valence-electron chi connectivity index (χ3n) is 2.27. The molecule has 0 atom stereocenters. The number of nitrogens with one attached hydrogen (secondary N) is 1. The lowest BCUT2D eigenvalue weighted by Gasteiger charge is -2.02. The van der Waals surface area contributed by atoms with E-state index >= 15 is 0 Å². The normalized spacial score (nSPS) is 10.3. The molecule has 94 valence electrons. The van der Waals surface area contributed by atoms with Crippen molar-refractivity contribution in [3.63, 3.8) is 0 Å². The van der Waals surface area contributed by atoms with Crippen molar-refractivity contribution in [2.75, 3.05) is 11.2 Å². The molecule has 2 aromatic rings. The Labute approximate surface area is 115 Å². The van der Waals surface area contributed by atoms with Crippen LogP contribution in [0.1, 0.15) is 5.56 Å². The van der Waals surface area contributed by atoms with Gasteiger partial charge in [-0.25, -0.2) is 0 Å². The van der Waals surface area contributed by atoms with Crippen molar-refractivity contribution in [2.45, 2.75) is 6.54 Å². The summed E-state index contributed by atoms with van der Waals surface area (Å²) in [7, 11) is 0. The van der Waals surface area contributed by atoms with Crippen LogP contribution in [0, 0.1) is 0 Å². The van der Waals surface area contributed by atoms with Crippen LogP contribution in [-0.4, -0.2) is 21.6 Å². The zero-order valence-electron chi connectivity index (χ0n) is 9.44. The second-order valence-corrected chi connectivity index (χ2v) is 4.44. The number of carbonyl (C=O) groups is 1. The van der Waals surface area contributed by atoms with Crippen LogP contribution in [0.15, 0.2) is 36.7 Å². The van der Waals surface area contributed by atoms with E-state index in [-0.39, 0.29) is 11.8 Å². The van der Waals surface area contributed by atoms with Crippen LogP contribution in [0.4, 0.5) is 5.69 Å². The number of halogens is 2. The van der Waals surface area contributed by atoms with Gasteiger partial charge in [-0.15, -0.1) is 11.6 Å². The summed E-state index contributed by atoms with van der Waals surface area (Å²) in [6, 6.07) is 7.54. The van der Waals surface area contributed by atoms with Gasteiger partial charge in [-0.3, -0.25) is 9.48 Å². The lowest BCUT2D eigenvalue weighted by atomic mass is 10.2. The average Bonchev–Trinajstić information content (AvgIpc) is 2.76. The number of aromatic nitrogens is 2. The van der Waals surface area contributed by atoms with Crippen molar-refractivity contribution in [3.8, 4) is 0 Å². The SMILES string of the molecule is O=C(CCl)Nc1cnn(Cc2cccc(Cl)c2)c1. The topological polar surface area (TPSA) is 46.9 Å². The highest BCUT2D eigenvalue weighted by Crippen LogP contribution is 2.13. The third-order valence-corrected chi connectivity index (χ3v) is 2.75. The van der Waals surface area contributed by atoms with Gasteiger partial charge in [-0.2, -0.15) is 5.10 Å². The number of benzene rings is 1. The molecular formula is C12H11Cl2N3O. The van der Waals surface area contributed by atoms with Crippen LogP contribution in [0.25, 0.3) is 0 Å². The number of hydrogen-bond donors (Lipinski definition) is 1. The summed E-state index contributed by atoms with van der Waals surface area (Å²) in [5.74, 6) is -0.321. The van der Waals surface area contributed by atoms with E-state index in [0.717, 1.165) is 5.56 Å². The Hall–Kier alpha value is -1.52. The van der Waals surface area contributed by atoms with Crippen LogP contribution in [0.5, 0.6) is 0 Å². The van der Waals surface area contributed by atoms with E-state index in [2.05, 4.69) is 10.4 Å². The predicted molar refractivity (Wildman–Crippen MR) is 72.1 cm³/mol. The van der Waals surface area contributed by atoms with E-state index < -0.39 is 0 Å². The molecule has 0 unspecified atom stereocenters. The summed E-state index contributed by atoms with van der Waals surface area (Å²) in [5.41, 5.74) is 1.67. The van der Waals surface area contributed by atoms with Gasteiger partial charge in [0, 0.05) is 11.2 Å². The van der Waals surface area contributed by atoms with Gasteiger partial charge >= 0.3 is 0 Å². The highest BCUT2D eigenvalue weighted by Gasteiger charge is 2.03. The Kier molecular flexibility index (Phi) is 4.23. The van der Waals surface area contributed by atoms with E-state index in [1.165, 1.54) is 0 Å². The Morgan fingerprint density at radius 3 is 3.00 bits per heavy atom. The van der Waals surface area contributed by atoms with Crippen LogP contribution < -0.4 is 5.32 Å². The molecule has 0 saturated heterocycles. The molecule has 0 aliphatic carbocycles. The number of anilines is 1. The second kappa shape index (κ2) is 5.89. The number of hydrogen-bond acceptors (Lipinski definition) is 2. The van der Waals surface area contributed by atoms with Crippen molar-refractivity contribution < 1.29 is 4.79 Å². The van der Waals surface area contributed by atoms with E-state index in [4.69, 9.17) is 23.2 Å². The van der Waals surface area contributed by atoms with Gasteiger partial charge in [0.25, 0.3) is 0 Å². The Balaban J connectivity index is 2.04. The molecule has 18 heavy (non-hydrogen) atoms. The first kappa shape index (κ1) is 12.9. The minimum atomic E-state index is -0.251. The monoisotopic (exact) mass is 283 g/mol. The molecule has 4 nitrogen and oxygen atoms in total. The Morgan fingerprint density at radius 1 is 1.44 bits per heavy atom. The molecule has 0 spiro atoms. The fourth-order valence-corrected chi connectivity index (χ4v) is 1.81. The molecule has 0 radical (unpaired) electrons. The molecule has 0 saturated carbocycles. The molecule has 2 rings (SSSR count). The van der Waals surface area contributed by atoms with E-state index in [1.807, 2.05) is 24.3 Å². The van der Waals surface area contributed by atoms with E-state index in [9.17, 15) is 4.79 Å². The summed E-state index contributed by atoms with van der Waals surface area (Å²) < 4.78 is 1.72. The molecule has 6 heteroatoms. The van der Waals surface area contributed by atoms with E-state index in [1.54, 1.807) is 17.1 Å². The highest BCUT2D eigenvalue weighted by atomic mass is 35.5. The quantitative estimate of drug-likeness (QED) is 0.877. The summed E-state index contributed by atoms with van der Waals surface area (Å²) >= 11 is 11.3. The zero-order chi connectivity index (χ0) is 13.0.